The van der Waals surface area contributed by atoms with Crippen LogP contribution in [0.5, 0.6) is 5.75 Å². The van der Waals surface area contributed by atoms with Gasteiger partial charge in [0.05, 0.1) is 13.5 Å². The smallest absolute Gasteiger partial charge is 0.304 e. The van der Waals surface area contributed by atoms with Crippen LogP contribution in [-0.2, 0) is 4.79 Å². The van der Waals surface area contributed by atoms with Crippen LogP contribution in [0, 0.1) is 0 Å². The van der Waals surface area contributed by atoms with E-state index >= 15 is 0 Å². The van der Waals surface area contributed by atoms with E-state index in [0.29, 0.717) is 0 Å². The molecule has 0 amide bonds. The second-order valence-electron chi connectivity index (χ2n) is 3.79. The van der Waals surface area contributed by atoms with Crippen molar-refractivity contribution in [2.24, 2.45) is 5.73 Å². The first kappa shape index (κ1) is 13.3. The maximum absolute atomic E-state index is 10.8. The number of ether oxygens (including phenoxy) is 1. The van der Waals surface area contributed by atoms with Gasteiger partial charge in [0.1, 0.15) is 5.75 Å². The van der Waals surface area contributed by atoms with Gasteiger partial charge in [-0.2, -0.15) is 0 Å². The number of nitrogens with two attached hydrogens (primary N) is 1. The molecule has 0 bridgehead atoms. The van der Waals surface area contributed by atoms with Gasteiger partial charge in [0, 0.05) is 12.0 Å². The van der Waals surface area contributed by atoms with E-state index in [1.165, 1.54) is 0 Å². The van der Waals surface area contributed by atoms with Crippen LogP contribution in [0.4, 0.5) is 0 Å². The molecule has 1 rings (SSSR count). The highest BCUT2D eigenvalue weighted by atomic mass is 16.5. The number of rotatable bonds is 6. The second-order valence-corrected chi connectivity index (χ2v) is 3.79. The van der Waals surface area contributed by atoms with Crippen molar-refractivity contribution < 1.29 is 14.6 Å². The van der Waals surface area contributed by atoms with Gasteiger partial charge in [-0.05, 0) is 17.7 Å². The third-order valence-electron chi connectivity index (χ3n) is 2.68. The van der Waals surface area contributed by atoms with Gasteiger partial charge in [-0.3, -0.25) is 4.79 Å². The quantitative estimate of drug-likeness (QED) is 0.737. The van der Waals surface area contributed by atoms with Crippen molar-refractivity contribution in [3.05, 3.63) is 42.5 Å². The summed E-state index contributed by atoms with van der Waals surface area (Å²) in [5, 5.41) is 8.88. The van der Waals surface area contributed by atoms with Crippen molar-refractivity contribution in [2.45, 2.75) is 18.4 Å². The van der Waals surface area contributed by atoms with Crippen LogP contribution in [0.2, 0.25) is 0 Å². The molecule has 0 saturated carbocycles. The molecule has 2 atom stereocenters. The fraction of sp³-hybridized carbons (Fsp3) is 0.308. The van der Waals surface area contributed by atoms with Crippen LogP contribution in [0.15, 0.2) is 36.9 Å². The van der Waals surface area contributed by atoms with Crippen LogP contribution in [0.3, 0.4) is 0 Å². The molecule has 3 N–H and O–H groups in total. The zero-order chi connectivity index (χ0) is 12.8. The van der Waals surface area contributed by atoms with Crippen LogP contribution in [-0.4, -0.2) is 24.2 Å². The first-order valence-corrected chi connectivity index (χ1v) is 5.32. The normalized spacial score (nSPS) is 13.8. The maximum Gasteiger partial charge on any atom is 0.304 e. The Bertz CT molecular complexity index is 386. The summed E-state index contributed by atoms with van der Waals surface area (Å²) in [4.78, 5) is 10.8. The molecule has 0 aliphatic heterocycles. The topological polar surface area (TPSA) is 72.6 Å². The molecule has 0 fully saturated rings. The molecular weight excluding hydrogens is 218 g/mol. The summed E-state index contributed by atoms with van der Waals surface area (Å²) in [6.45, 7) is 3.61. The highest BCUT2D eigenvalue weighted by molar-refractivity contribution is 5.68. The van der Waals surface area contributed by atoms with Crippen LogP contribution in [0.1, 0.15) is 17.9 Å². The minimum absolute atomic E-state index is 0.0144. The molecule has 92 valence electrons. The van der Waals surface area contributed by atoms with Gasteiger partial charge in [0.15, 0.2) is 0 Å². The molecule has 0 radical (unpaired) electrons. The minimum atomic E-state index is -0.872. The Morgan fingerprint density at radius 3 is 2.53 bits per heavy atom. The third-order valence-corrected chi connectivity index (χ3v) is 2.68. The average molecular weight is 235 g/mol. The van der Waals surface area contributed by atoms with E-state index < -0.39 is 5.97 Å². The summed E-state index contributed by atoms with van der Waals surface area (Å²) in [7, 11) is 1.58. The van der Waals surface area contributed by atoms with Crippen LogP contribution >= 0.6 is 0 Å². The summed E-state index contributed by atoms with van der Waals surface area (Å²) in [5.74, 6) is -0.408. The third kappa shape index (κ3) is 3.60. The summed E-state index contributed by atoms with van der Waals surface area (Å²) < 4.78 is 5.05. The molecule has 0 saturated heterocycles. The van der Waals surface area contributed by atoms with Crippen LogP contribution < -0.4 is 10.5 Å². The lowest BCUT2D eigenvalue weighted by Gasteiger charge is -2.20. The largest absolute Gasteiger partial charge is 0.497 e. The van der Waals surface area contributed by atoms with Crippen LogP contribution in [0.25, 0.3) is 0 Å². The number of carboxylic acid groups (broad SMARTS) is 1. The first-order valence-electron chi connectivity index (χ1n) is 5.32. The molecule has 17 heavy (non-hydrogen) atoms. The van der Waals surface area contributed by atoms with Crippen molar-refractivity contribution in [3.63, 3.8) is 0 Å². The molecule has 0 aliphatic rings. The van der Waals surface area contributed by atoms with E-state index in [2.05, 4.69) is 6.58 Å². The molecular formula is C13H17NO3. The highest BCUT2D eigenvalue weighted by Gasteiger charge is 2.20. The Balaban J connectivity index is 2.94. The molecule has 0 spiro atoms. The van der Waals surface area contributed by atoms with Crippen molar-refractivity contribution in [2.75, 3.05) is 7.11 Å². The number of methoxy groups -OCH3 is 1. The molecule has 0 heterocycles. The van der Waals surface area contributed by atoms with Gasteiger partial charge >= 0.3 is 5.97 Å². The van der Waals surface area contributed by atoms with E-state index in [-0.39, 0.29) is 18.4 Å². The highest BCUT2D eigenvalue weighted by Crippen LogP contribution is 2.25. The van der Waals surface area contributed by atoms with Gasteiger partial charge in [-0.1, -0.05) is 18.2 Å². The van der Waals surface area contributed by atoms with Crippen molar-refractivity contribution in [3.8, 4) is 5.75 Å². The number of carbonyl (C=O) groups is 1. The fourth-order valence-corrected chi connectivity index (χ4v) is 1.68. The van der Waals surface area contributed by atoms with Crippen molar-refractivity contribution >= 4 is 5.97 Å². The number of hydrogen-bond donors (Lipinski definition) is 2. The Labute approximate surface area is 101 Å². The summed E-state index contributed by atoms with van der Waals surface area (Å²) in [5.41, 5.74) is 6.73. The van der Waals surface area contributed by atoms with Gasteiger partial charge < -0.3 is 15.6 Å². The summed E-state index contributed by atoms with van der Waals surface area (Å²) in [6, 6.07) is 6.87. The lowest BCUT2D eigenvalue weighted by atomic mass is 9.89. The molecule has 1 aromatic rings. The Morgan fingerprint density at radius 1 is 1.53 bits per heavy atom. The van der Waals surface area contributed by atoms with E-state index in [1.54, 1.807) is 25.3 Å². The number of hydrogen-bond acceptors (Lipinski definition) is 3. The Morgan fingerprint density at radius 2 is 2.12 bits per heavy atom. The number of carboxylic acids is 1. The fourth-order valence-electron chi connectivity index (χ4n) is 1.68. The number of aliphatic carboxylic acids is 1. The first-order chi connectivity index (χ1) is 8.08. The summed E-state index contributed by atoms with van der Waals surface area (Å²) >= 11 is 0. The number of benzene rings is 1. The Hall–Kier alpha value is -1.81. The molecule has 4 nitrogen and oxygen atoms in total. The van der Waals surface area contributed by atoms with Gasteiger partial charge in [-0.15, -0.1) is 6.58 Å². The zero-order valence-electron chi connectivity index (χ0n) is 9.80. The minimum Gasteiger partial charge on any atom is -0.497 e. The maximum atomic E-state index is 10.8. The lowest BCUT2D eigenvalue weighted by Crippen LogP contribution is -2.27. The molecule has 0 aliphatic carbocycles. The molecule has 2 unspecified atom stereocenters. The molecule has 4 heteroatoms. The lowest BCUT2D eigenvalue weighted by molar-refractivity contribution is -0.137. The van der Waals surface area contributed by atoms with Crippen molar-refractivity contribution in [1.29, 1.82) is 0 Å². The SMILES string of the molecule is C=CC(N)C(CC(=O)O)c1ccc(OC)cc1. The molecule has 1 aromatic carbocycles. The van der Waals surface area contributed by atoms with Crippen molar-refractivity contribution in [1.82, 2.24) is 0 Å². The van der Waals surface area contributed by atoms with Gasteiger partial charge in [-0.25, -0.2) is 0 Å². The second kappa shape index (κ2) is 6.06. The van der Waals surface area contributed by atoms with E-state index in [1.807, 2.05) is 12.1 Å². The zero-order valence-corrected chi connectivity index (χ0v) is 9.80. The average Bonchev–Trinajstić information content (AvgIpc) is 2.35. The predicted octanol–water partition coefficient (Wildman–Crippen LogP) is 1.77. The molecule has 0 aromatic heterocycles. The standard InChI is InChI=1S/C13H17NO3/c1-3-12(14)11(8-13(15)16)9-4-6-10(17-2)7-5-9/h3-7,11-12H,1,8,14H2,2H3,(H,15,16). The van der Waals surface area contributed by atoms with Gasteiger partial charge in [0.2, 0.25) is 0 Å². The Kier molecular flexibility index (Phi) is 4.72. The van der Waals surface area contributed by atoms with E-state index in [0.717, 1.165) is 11.3 Å². The van der Waals surface area contributed by atoms with E-state index in [4.69, 9.17) is 15.6 Å². The van der Waals surface area contributed by atoms with E-state index in [9.17, 15) is 4.79 Å². The summed E-state index contributed by atoms with van der Waals surface area (Å²) in [6.07, 6.45) is 1.55. The monoisotopic (exact) mass is 235 g/mol. The predicted molar refractivity (Wildman–Crippen MR) is 66.2 cm³/mol. The van der Waals surface area contributed by atoms with Gasteiger partial charge in [0.25, 0.3) is 0 Å².